The molecule has 7 heteroatoms. The molecule has 2 aromatic rings. The van der Waals surface area contributed by atoms with E-state index in [9.17, 15) is 13.2 Å². The molecule has 0 fully saturated rings. The molecule has 142 valence electrons. The molecule has 1 aromatic carbocycles. The molecular weight excluding hydrogens is 343 g/mol. The van der Waals surface area contributed by atoms with Crippen molar-refractivity contribution in [1.82, 2.24) is 4.98 Å². The molecule has 0 saturated carbocycles. The Hall–Kier alpha value is -2.28. The number of halogens is 3. The highest BCUT2D eigenvalue weighted by molar-refractivity contribution is 5.68. The molecule has 0 aliphatic rings. The van der Waals surface area contributed by atoms with Crippen LogP contribution in [0.1, 0.15) is 32.8 Å². The van der Waals surface area contributed by atoms with Gasteiger partial charge in [0.05, 0.1) is 5.56 Å². The van der Waals surface area contributed by atoms with Crippen LogP contribution >= 0.6 is 0 Å². The molecule has 1 aromatic heterocycles. The van der Waals surface area contributed by atoms with E-state index in [1.54, 1.807) is 19.1 Å². The summed E-state index contributed by atoms with van der Waals surface area (Å²) in [5.74, 6) is 0.322. The van der Waals surface area contributed by atoms with Crippen molar-refractivity contribution < 1.29 is 17.9 Å². The second-order valence-corrected chi connectivity index (χ2v) is 7.22. The van der Waals surface area contributed by atoms with Crippen LogP contribution in [-0.2, 0) is 6.18 Å². The fourth-order valence-electron chi connectivity index (χ4n) is 2.92. The zero-order valence-electron chi connectivity index (χ0n) is 15.1. The average molecular weight is 367 g/mol. The first-order valence-electron chi connectivity index (χ1n) is 8.33. The van der Waals surface area contributed by atoms with Gasteiger partial charge in [0.25, 0.3) is 0 Å². The maximum absolute atomic E-state index is 13.5. The van der Waals surface area contributed by atoms with E-state index in [0.29, 0.717) is 23.5 Å². The van der Waals surface area contributed by atoms with E-state index in [1.807, 2.05) is 13.8 Å². The molecule has 0 bridgehead atoms. The molecule has 26 heavy (non-hydrogen) atoms. The molecule has 0 radical (unpaired) electrons. The van der Waals surface area contributed by atoms with Gasteiger partial charge in [0, 0.05) is 11.7 Å². The van der Waals surface area contributed by atoms with Gasteiger partial charge in [0.2, 0.25) is 0 Å². The van der Waals surface area contributed by atoms with Crippen molar-refractivity contribution in [1.29, 1.82) is 0 Å². The van der Waals surface area contributed by atoms with E-state index in [4.69, 9.17) is 16.2 Å². The number of aromatic nitrogens is 1. The summed E-state index contributed by atoms with van der Waals surface area (Å²) in [5.41, 5.74) is 11.1. The van der Waals surface area contributed by atoms with Crippen molar-refractivity contribution in [3.8, 4) is 16.9 Å². The summed E-state index contributed by atoms with van der Waals surface area (Å²) in [6, 6.07) is 7.07. The molecule has 0 aliphatic carbocycles. The minimum atomic E-state index is -4.55. The average Bonchev–Trinajstić information content (AvgIpc) is 2.51. The number of benzene rings is 1. The van der Waals surface area contributed by atoms with Gasteiger partial charge in [0.15, 0.2) is 0 Å². The summed E-state index contributed by atoms with van der Waals surface area (Å²) < 4.78 is 46.0. The van der Waals surface area contributed by atoms with Crippen molar-refractivity contribution in [3.63, 3.8) is 0 Å². The van der Waals surface area contributed by atoms with Crippen LogP contribution in [0.25, 0.3) is 11.1 Å². The van der Waals surface area contributed by atoms with Crippen LogP contribution in [0.5, 0.6) is 5.75 Å². The summed E-state index contributed by atoms with van der Waals surface area (Å²) in [4.78, 5) is 3.85. The van der Waals surface area contributed by atoms with Gasteiger partial charge in [0.1, 0.15) is 18.2 Å². The van der Waals surface area contributed by atoms with Crippen molar-refractivity contribution in [2.45, 2.75) is 38.9 Å². The number of nitrogens with two attached hydrogens (primary N) is 2. The third kappa shape index (κ3) is 5.36. The van der Waals surface area contributed by atoms with E-state index in [-0.39, 0.29) is 18.2 Å². The van der Waals surface area contributed by atoms with Gasteiger partial charge in [-0.3, -0.25) is 0 Å². The molecule has 0 amide bonds. The molecule has 2 rings (SSSR count). The SMILES string of the molecule is CC(C)C[C@](C)(N)COc1ccc(-c2ccnc(N)c2)cc1C(F)(F)F. The number of hydrogen-bond donors (Lipinski definition) is 2. The van der Waals surface area contributed by atoms with Gasteiger partial charge in [-0.1, -0.05) is 19.9 Å². The van der Waals surface area contributed by atoms with Crippen LogP contribution in [0.3, 0.4) is 0 Å². The minimum Gasteiger partial charge on any atom is -0.491 e. The van der Waals surface area contributed by atoms with Crippen LogP contribution in [0.2, 0.25) is 0 Å². The number of anilines is 1. The van der Waals surface area contributed by atoms with E-state index in [1.165, 1.54) is 18.3 Å². The normalized spacial score (nSPS) is 14.3. The highest BCUT2D eigenvalue weighted by atomic mass is 19.4. The van der Waals surface area contributed by atoms with Crippen LogP contribution in [0.4, 0.5) is 19.0 Å². The Bertz CT molecular complexity index is 758. The molecule has 0 saturated heterocycles. The zero-order valence-corrected chi connectivity index (χ0v) is 15.1. The Balaban J connectivity index is 2.32. The quantitative estimate of drug-likeness (QED) is 0.789. The molecule has 0 aliphatic heterocycles. The maximum atomic E-state index is 13.5. The Kier molecular flexibility index (Phi) is 5.81. The molecule has 0 unspecified atom stereocenters. The predicted molar refractivity (Wildman–Crippen MR) is 96.6 cm³/mol. The van der Waals surface area contributed by atoms with E-state index < -0.39 is 17.3 Å². The summed E-state index contributed by atoms with van der Waals surface area (Å²) in [7, 11) is 0. The number of alkyl halides is 3. The van der Waals surface area contributed by atoms with Crippen molar-refractivity contribution >= 4 is 5.82 Å². The van der Waals surface area contributed by atoms with E-state index >= 15 is 0 Å². The van der Waals surface area contributed by atoms with Crippen LogP contribution in [0, 0.1) is 5.92 Å². The van der Waals surface area contributed by atoms with E-state index in [2.05, 4.69) is 4.98 Å². The van der Waals surface area contributed by atoms with Gasteiger partial charge >= 0.3 is 6.18 Å². The fourth-order valence-corrected chi connectivity index (χ4v) is 2.92. The minimum absolute atomic E-state index is 0.00415. The third-order valence-corrected chi connectivity index (χ3v) is 3.83. The second kappa shape index (κ2) is 7.53. The van der Waals surface area contributed by atoms with Crippen molar-refractivity contribution in [2.75, 3.05) is 12.3 Å². The predicted octanol–water partition coefficient (Wildman–Crippen LogP) is 4.49. The number of ether oxygens (including phenoxy) is 1. The highest BCUT2D eigenvalue weighted by Crippen LogP contribution is 2.39. The second-order valence-electron chi connectivity index (χ2n) is 7.22. The van der Waals surface area contributed by atoms with Crippen LogP contribution in [-0.4, -0.2) is 17.1 Å². The summed E-state index contributed by atoms with van der Waals surface area (Å²) >= 11 is 0. The van der Waals surface area contributed by atoms with Crippen LogP contribution in [0.15, 0.2) is 36.5 Å². The lowest BCUT2D eigenvalue weighted by Crippen LogP contribution is -2.43. The lowest BCUT2D eigenvalue weighted by Gasteiger charge is -2.27. The number of nitrogen functional groups attached to an aromatic ring is 1. The first-order chi connectivity index (χ1) is 12.0. The van der Waals surface area contributed by atoms with Gasteiger partial charge in [-0.05, 0) is 54.7 Å². The third-order valence-electron chi connectivity index (χ3n) is 3.83. The summed E-state index contributed by atoms with van der Waals surface area (Å²) in [6.07, 6.45) is -2.45. The lowest BCUT2D eigenvalue weighted by molar-refractivity contribution is -0.139. The molecule has 4 N–H and O–H groups in total. The lowest BCUT2D eigenvalue weighted by atomic mass is 9.93. The monoisotopic (exact) mass is 367 g/mol. The maximum Gasteiger partial charge on any atom is 0.419 e. The Morgan fingerprint density at radius 2 is 1.77 bits per heavy atom. The molecule has 1 atom stereocenters. The van der Waals surface area contributed by atoms with Gasteiger partial charge in [-0.2, -0.15) is 13.2 Å². The highest BCUT2D eigenvalue weighted by Gasteiger charge is 2.35. The van der Waals surface area contributed by atoms with Gasteiger partial charge < -0.3 is 16.2 Å². The summed E-state index contributed by atoms with van der Waals surface area (Å²) in [5, 5.41) is 0. The molecule has 4 nitrogen and oxygen atoms in total. The zero-order chi connectivity index (χ0) is 19.5. The Morgan fingerprint density at radius 3 is 2.35 bits per heavy atom. The van der Waals surface area contributed by atoms with Crippen LogP contribution < -0.4 is 16.2 Å². The Morgan fingerprint density at radius 1 is 1.12 bits per heavy atom. The number of rotatable bonds is 6. The number of nitrogens with zero attached hydrogens (tertiary/aromatic N) is 1. The molecule has 1 heterocycles. The number of hydrogen-bond acceptors (Lipinski definition) is 4. The number of pyridine rings is 1. The first kappa shape index (κ1) is 20.0. The van der Waals surface area contributed by atoms with Crippen molar-refractivity contribution in [2.24, 2.45) is 11.7 Å². The molecular formula is C19H24F3N3O. The topological polar surface area (TPSA) is 74.2 Å². The van der Waals surface area contributed by atoms with E-state index in [0.717, 1.165) is 6.07 Å². The Labute approximate surface area is 151 Å². The van der Waals surface area contributed by atoms with Gasteiger partial charge in [-0.25, -0.2) is 4.98 Å². The molecule has 0 spiro atoms. The summed E-state index contributed by atoms with van der Waals surface area (Å²) in [6.45, 7) is 5.77. The van der Waals surface area contributed by atoms with Crippen molar-refractivity contribution in [3.05, 3.63) is 42.1 Å². The van der Waals surface area contributed by atoms with Gasteiger partial charge in [-0.15, -0.1) is 0 Å². The fraction of sp³-hybridized carbons (Fsp3) is 0.421. The largest absolute Gasteiger partial charge is 0.491 e. The first-order valence-corrected chi connectivity index (χ1v) is 8.33. The standard InChI is InChI=1S/C19H24F3N3O/c1-12(2)10-18(3,24)11-26-16-5-4-13(8-15(16)19(20,21)22)14-6-7-25-17(23)9-14/h4-9,12H,10-11,24H2,1-3H3,(H2,23,25)/t18-/m0/s1. The smallest absolute Gasteiger partial charge is 0.419 e.